The zero-order valence-corrected chi connectivity index (χ0v) is 16.6. The molecule has 1 heterocycles. The number of nitrogens with one attached hydrogen (secondary N) is 1. The minimum Gasteiger partial charge on any atom is -0.331 e. The fraction of sp³-hybridized carbons (Fsp3) is 0.130. The van der Waals surface area contributed by atoms with Crippen LogP contribution in [0.25, 0.3) is 11.0 Å². The van der Waals surface area contributed by atoms with E-state index in [0.717, 1.165) is 35.3 Å². The van der Waals surface area contributed by atoms with E-state index in [1.807, 2.05) is 49.5 Å². The molecule has 0 unspecified atom stereocenters. The van der Waals surface area contributed by atoms with E-state index in [4.69, 9.17) is 16.6 Å². The third-order valence-electron chi connectivity index (χ3n) is 4.91. The first kappa shape index (κ1) is 19.2. The molecule has 4 aromatic rings. The Morgan fingerprint density at radius 1 is 1.07 bits per heavy atom. The zero-order chi connectivity index (χ0) is 20.4. The van der Waals surface area contributed by atoms with Gasteiger partial charge in [0.15, 0.2) is 0 Å². The van der Waals surface area contributed by atoms with E-state index in [1.165, 1.54) is 18.2 Å². The van der Waals surface area contributed by atoms with Gasteiger partial charge in [0, 0.05) is 24.7 Å². The quantitative estimate of drug-likeness (QED) is 0.481. The van der Waals surface area contributed by atoms with E-state index in [9.17, 15) is 9.18 Å². The van der Waals surface area contributed by atoms with Crippen LogP contribution in [0.1, 0.15) is 21.7 Å². The number of fused-ring (bicyclic) bond motifs is 1. The molecule has 0 radical (unpaired) electrons. The first-order valence-corrected chi connectivity index (χ1v) is 9.65. The van der Waals surface area contributed by atoms with Gasteiger partial charge in [0.2, 0.25) is 0 Å². The van der Waals surface area contributed by atoms with Crippen LogP contribution in [0, 0.1) is 5.82 Å². The number of imidazole rings is 1. The van der Waals surface area contributed by atoms with Crippen LogP contribution in [-0.2, 0) is 19.9 Å². The van der Waals surface area contributed by atoms with Crippen LogP contribution < -0.4 is 5.32 Å². The molecule has 4 nitrogen and oxygen atoms in total. The van der Waals surface area contributed by atoms with Gasteiger partial charge in [-0.1, -0.05) is 35.9 Å². The Labute approximate surface area is 173 Å². The molecule has 0 spiro atoms. The monoisotopic (exact) mass is 407 g/mol. The van der Waals surface area contributed by atoms with Crippen molar-refractivity contribution in [3.63, 3.8) is 0 Å². The van der Waals surface area contributed by atoms with E-state index < -0.39 is 5.82 Å². The number of aromatic nitrogens is 2. The molecule has 0 fully saturated rings. The highest BCUT2D eigenvalue weighted by molar-refractivity contribution is 6.31. The predicted molar refractivity (Wildman–Crippen MR) is 114 cm³/mol. The maximum atomic E-state index is 13.2. The molecule has 1 N–H and O–H groups in total. The van der Waals surface area contributed by atoms with Crippen molar-refractivity contribution in [2.24, 2.45) is 7.05 Å². The lowest BCUT2D eigenvalue weighted by Gasteiger charge is -2.08. The molecule has 3 aromatic carbocycles. The average Bonchev–Trinajstić information content (AvgIpc) is 3.05. The number of aryl methyl sites for hydroxylation is 3. The summed E-state index contributed by atoms with van der Waals surface area (Å²) in [5.41, 5.74) is 4.26. The Bertz CT molecular complexity index is 1180. The number of rotatable bonds is 5. The standard InChI is InChI=1S/C23H19ClFN3O/c1-28-21-5-3-2-4-20(21)27-22(28)13-8-15-6-10-17(11-7-15)26-23(29)16-9-12-19(25)18(24)14-16/h2-7,9-12,14H,8,13H2,1H3,(H,26,29). The molecule has 0 saturated carbocycles. The van der Waals surface area contributed by atoms with Gasteiger partial charge in [0.1, 0.15) is 11.6 Å². The van der Waals surface area contributed by atoms with E-state index >= 15 is 0 Å². The molecule has 0 aliphatic carbocycles. The number of nitrogens with zero attached hydrogens (tertiary/aromatic N) is 2. The van der Waals surface area contributed by atoms with Crippen LogP contribution >= 0.6 is 11.6 Å². The van der Waals surface area contributed by atoms with Crippen LogP contribution in [0.4, 0.5) is 10.1 Å². The van der Waals surface area contributed by atoms with Crippen molar-refractivity contribution >= 4 is 34.2 Å². The topological polar surface area (TPSA) is 46.9 Å². The summed E-state index contributed by atoms with van der Waals surface area (Å²) in [7, 11) is 2.03. The number of hydrogen-bond acceptors (Lipinski definition) is 2. The molecular formula is C23H19ClFN3O. The summed E-state index contributed by atoms with van der Waals surface area (Å²) in [6.45, 7) is 0. The lowest BCUT2D eigenvalue weighted by Crippen LogP contribution is -2.12. The Hall–Kier alpha value is -3.18. The molecule has 4 rings (SSSR count). The van der Waals surface area contributed by atoms with Gasteiger partial charge in [-0.3, -0.25) is 4.79 Å². The minimum absolute atomic E-state index is 0.0741. The van der Waals surface area contributed by atoms with Gasteiger partial charge in [-0.2, -0.15) is 0 Å². The van der Waals surface area contributed by atoms with Gasteiger partial charge >= 0.3 is 0 Å². The van der Waals surface area contributed by atoms with Crippen molar-refractivity contribution < 1.29 is 9.18 Å². The first-order valence-electron chi connectivity index (χ1n) is 9.27. The summed E-state index contributed by atoms with van der Waals surface area (Å²) >= 11 is 5.74. The summed E-state index contributed by atoms with van der Waals surface area (Å²) < 4.78 is 15.4. The number of benzene rings is 3. The van der Waals surface area contributed by atoms with Crippen LogP contribution in [0.2, 0.25) is 5.02 Å². The Morgan fingerprint density at radius 2 is 1.83 bits per heavy atom. The highest BCUT2D eigenvalue weighted by Crippen LogP contribution is 2.19. The Balaban J connectivity index is 1.40. The molecule has 0 aliphatic heterocycles. The minimum atomic E-state index is -0.548. The van der Waals surface area contributed by atoms with E-state index in [-0.39, 0.29) is 10.9 Å². The lowest BCUT2D eigenvalue weighted by atomic mass is 10.1. The molecule has 0 atom stereocenters. The maximum absolute atomic E-state index is 13.2. The highest BCUT2D eigenvalue weighted by Gasteiger charge is 2.10. The van der Waals surface area contributed by atoms with E-state index in [2.05, 4.69) is 16.0 Å². The number of carbonyl (C=O) groups is 1. The van der Waals surface area contributed by atoms with Crippen molar-refractivity contribution in [3.8, 4) is 0 Å². The van der Waals surface area contributed by atoms with Gasteiger partial charge in [-0.15, -0.1) is 0 Å². The van der Waals surface area contributed by atoms with Crippen molar-refractivity contribution in [2.75, 3.05) is 5.32 Å². The largest absolute Gasteiger partial charge is 0.331 e. The number of para-hydroxylation sites is 2. The second-order valence-corrected chi connectivity index (χ2v) is 7.26. The van der Waals surface area contributed by atoms with Crippen LogP contribution in [-0.4, -0.2) is 15.5 Å². The van der Waals surface area contributed by atoms with Crippen molar-refractivity contribution in [1.29, 1.82) is 0 Å². The summed E-state index contributed by atoms with van der Waals surface area (Å²) in [5.74, 6) is 0.157. The molecule has 0 aliphatic rings. The van der Waals surface area contributed by atoms with Gasteiger partial charge in [-0.25, -0.2) is 9.37 Å². The fourth-order valence-corrected chi connectivity index (χ4v) is 3.45. The number of amides is 1. The fourth-order valence-electron chi connectivity index (χ4n) is 3.27. The van der Waals surface area contributed by atoms with Crippen LogP contribution in [0.5, 0.6) is 0 Å². The molecule has 1 amide bonds. The van der Waals surface area contributed by atoms with E-state index in [0.29, 0.717) is 11.3 Å². The number of halogens is 2. The van der Waals surface area contributed by atoms with Gasteiger partial charge in [0.25, 0.3) is 5.91 Å². The third-order valence-corrected chi connectivity index (χ3v) is 5.20. The molecule has 29 heavy (non-hydrogen) atoms. The smallest absolute Gasteiger partial charge is 0.255 e. The second-order valence-electron chi connectivity index (χ2n) is 6.86. The van der Waals surface area contributed by atoms with Crippen molar-refractivity contribution in [3.05, 3.63) is 94.5 Å². The predicted octanol–water partition coefficient (Wildman–Crippen LogP) is 5.40. The molecule has 0 bridgehead atoms. The number of carbonyl (C=O) groups excluding carboxylic acids is 1. The van der Waals surface area contributed by atoms with E-state index in [1.54, 1.807) is 0 Å². The first-order chi connectivity index (χ1) is 14.0. The van der Waals surface area contributed by atoms with Gasteiger partial charge in [-0.05, 0) is 54.4 Å². The third kappa shape index (κ3) is 4.15. The normalized spacial score (nSPS) is 11.0. The second kappa shape index (κ2) is 8.05. The highest BCUT2D eigenvalue weighted by atomic mass is 35.5. The summed E-state index contributed by atoms with van der Waals surface area (Å²) in [5, 5.41) is 2.72. The summed E-state index contributed by atoms with van der Waals surface area (Å²) in [6.07, 6.45) is 1.67. The summed E-state index contributed by atoms with van der Waals surface area (Å²) in [4.78, 5) is 17.0. The molecule has 6 heteroatoms. The van der Waals surface area contributed by atoms with Crippen LogP contribution in [0.3, 0.4) is 0 Å². The number of hydrogen-bond donors (Lipinski definition) is 1. The van der Waals surface area contributed by atoms with Gasteiger partial charge in [0.05, 0.1) is 16.1 Å². The van der Waals surface area contributed by atoms with Crippen molar-refractivity contribution in [1.82, 2.24) is 9.55 Å². The Kier molecular flexibility index (Phi) is 5.32. The van der Waals surface area contributed by atoms with Crippen molar-refractivity contribution in [2.45, 2.75) is 12.8 Å². The maximum Gasteiger partial charge on any atom is 0.255 e. The SMILES string of the molecule is Cn1c(CCc2ccc(NC(=O)c3ccc(F)c(Cl)c3)cc2)nc2ccccc21. The van der Waals surface area contributed by atoms with Gasteiger partial charge < -0.3 is 9.88 Å². The molecular weight excluding hydrogens is 389 g/mol. The molecule has 0 saturated heterocycles. The number of anilines is 1. The Morgan fingerprint density at radius 3 is 2.55 bits per heavy atom. The average molecular weight is 408 g/mol. The summed E-state index contributed by atoms with van der Waals surface area (Å²) in [6, 6.07) is 19.7. The molecule has 146 valence electrons. The molecule has 1 aromatic heterocycles. The van der Waals surface area contributed by atoms with Crippen LogP contribution in [0.15, 0.2) is 66.7 Å². The zero-order valence-electron chi connectivity index (χ0n) is 15.8. The lowest BCUT2D eigenvalue weighted by molar-refractivity contribution is 0.102.